The second kappa shape index (κ2) is 8.87. The maximum atomic E-state index is 12.3. The molecule has 0 aliphatic heterocycles. The number of para-hydroxylation sites is 1. The summed E-state index contributed by atoms with van der Waals surface area (Å²) >= 11 is 0. The van der Waals surface area contributed by atoms with E-state index in [2.05, 4.69) is 10.6 Å². The number of rotatable bonds is 7. The maximum Gasteiger partial charge on any atom is 0.262 e. The minimum absolute atomic E-state index is 0.0703. The number of carbonyl (C=O) groups excluding carboxylic acids is 2. The summed E-state index contributed by atoms with van der Waals surface area (Å²) in [5.41, 5.74) is 1.97. The van der Waals surface area contributed by atoms with Gasteiger partial charge in [-0.1, -0.05) is 31.2 Å². The van der Waals surface area contributed by atoms with Crippen molar-refractivity contribution in [2.75, 3.05) is 11.9 Å². The summed E-state index contributed by atoms with van der Waals surface area (Å²) in [6, 6.07) is 14.5. The average molecular weight is 340 g/mol. The summed E-state index contributed by atoms with van der Waals surface area (Å²) in [6.45, 7) is 5.78. The van der Waals surface area contributed by atoms with Gasteiger partial charge in [0.05, 0.1) is 11.3 Å². The molecule has 2 aromatic rings. The summed E-state index contributed by atoms with van der Waals surface area (Å²) in [6.07, 6.45) is 0.838. The van der Waals surface area contributed by atoms with Gasteiger partial charge in [-0.25, -0.2) is 0 Å². The Morgan fingerprint density at radius 1 is 1.12 bits per heavy atom. The van der Waals surface area contributed by atoms with E-state index in [0.29, 0.717) is 17.0 Å². The normalized spacial score (nSPS) is 11.5. The van der Waals surface area contributed by atoms with Crippen LogP contribution in [-0.2, 0) is 4.79 Å². The molecule has 132 valence electrons. The van der Waals surface area contributed by atoms with E-state index in [0.717, 1.165) is 12.0 Å². The number of amides is 2. The Morgan fingerprint density at radius 3 is 2.60 bits per heavy atom. The highest BCUT2D eigenvalue weighted by atomic mass is 16.5. The first-order valence-electron chi connectivity index (χ1n) is 8.38. The monoisotopic (exact) mass is 340 g/mol. The number of hydrogen-bond acceptors (Lipinski definition) is 3. The van der Waals surface area contributed by atoms with Crippen LogP contribution in [0.15, 0.2) is 48.5 Å². The summed E-state index contributed by atoms with van der Waals surface area (Å²) in [7, 11) is 0. The lowest BCUT2D eigenvalue weighted by atomic mass is 10.1. The van der Waals surface area contributed by atoms with Gasteiger partial charge in [-0.3, -0.25) is 9.59 Å². The number of anilines is 1. The van der Waals surface area contributed by atoms with Gasteiger partial charge in [0.25, 0.3) is 11.8 Å². The van der Waals surface area contributed by atoms with E-state index in [1.807, 2.05) is 39.0 Å². The molecule has 0 spiro atoms. The third-order valence-electron chi connectivity index (χ3n) is 3.80. The van der Waals surface area contributed by atoms with E-state index in [-0.39, 0.29) is 24.5 Å². The van der Waals surface area contributed by atoms with Gasteiger partial charge in [0.15, 0.2) is 6.61 Å². The van der Waals surface area contributed by atoms with Crippen molar-refractivity contribution in [3.8, 4) is 5.75 Å². The van der Waals surface area contributed by atoms with Crippen LogP contribution in [0.1, 0.15) is 36.2 Å². The van der Waals surface area contributed by atoms with Gasteiger partial charge in [-0.2, -0.15) is 0 Å². The molecule has 2 rings (SSSR count). The second-order valence-corrected chi connectivity index (χ2v) is 5.98. The first-order chi connectivity index (χ1) is 12.0. The third kappa shape index (κ3) is 5.64. The molecule has 1 atom stereocenters. The fraction of sp³-hybridized carbons (Fsp3) is 0.300. The van der Waals surface area contributed by atoms with Crippen molar-refractivity contribution in [3.05, 3.63) is 59.7 Å². The van der Waals surface area contributed by atoms with Crippen LogP contribution in [0.4, 0.5) is 5.69 Å². The molecule has 5 nitrogen and oxygen atoms in total. The first kappa shape index (κ1) is 18.5. The Morgan fingerprint density at radius 2 is 1.88 bits per heavy atom. The fourth-order valence-corrected chi connectivity index (χ4v) is 2.23. The Hall–Kier alpha value is -2.82. The maximum absolute atomic E-state index is 12.3. The Bertz CT molecular complexity index is 743. The standard InChI is InChI=1S/C20H24N2O3/c1-4-15(3)21-20(24)17-10-5-6-11-18(17)22-19(23)13-25-16-9-7-8-14(2)12-16/h5-12,15H,4,13H2,1-3H3,(H,21,24)(H,22,23)/t15-/m1/s1. The molecule has 0 saturated heterocycles. The molecule has 0 radical (unpaired) electrons. The van der Waals surface area contributed by atoms with Gasteiger partial charge in [-0.05, 0) is 50.1 Å². The largest absolute Gasteiger partial charge is 0.484 e. The van der Waals surface area contributed by atoms with Gasteiger partial charge in [0.2, 0.25) is 0 Å². The zero-order chi connectivity index (χ0) is 18.2. The molecule has 2 aromatic carbocycles. The number of benzene rings is 2. The smallest absolute Gasteiger partial charge is 0.262 e. The molecule has 0 aliphatic carbocycles. The van der Waals surface area contributed by atoms with E-state index in [1.165, 1.54) is 0 Å². The average Bonchev–Trinajstić information content (AvgIpc) is 2.60. The fourth-order valence-electron chi connectivity index (χ4n) is 2.23. The summed E-state index contributed by atoms with van der Waals surface area (Å²) in [4.78, 5) is 24.5. The van der Waals surface area contributed by atoms with Crippen LogP contribution < -0.4 is 15.4 Å². The van der Waals surface area contributed by atoms with E-state index in [1.54, 1.807) is 30.3 Å². The molecule has 5 heteroatoms. The van der Waals surface area contributed by atoms with Crippen molar-refractivity contribution in [2.45, 2.75) is 33.2 Å². The highest BCUT2D eigenvalue weighted by Crippen LogP contribution is 2.16. The van der Waals surface area contributed by atoms with Crippen molar-refractivity contribution in [3.63, 3.8) is 0 Å². The quantitative estimate of drug-likeness (QED) is 0.810. The van der Waals surface area contributed by atoms with Crippen molar-refractivity contribution in [2.24, 2.45) is 0 Å². The Kier molecular flexibility index (Phi) is 6.57. The van der Waals surface area contributed by atoms with Gasteiger partial charge < -0.3 is 15.4 Å². The summed E-state index contributed by atoms with van der Waals surface area (Å²) in [5.74, 6) is 0.119. The van der Waals surface area contributed by atoms with Crippen molar-refractivity contribution >= 4 is 17.5 Å². The summed E-state index contributed by atoms with van der Waals surface area (Å²) < 4.78 is 5.49. The summed E-state index contributed by atoms with van der Waals surface area (Å²) in [5, 5.41) is 5.64. The molecule has 2 amide bonds. The van der Waals surface area contributed by atoms with Gasteiger partial charge in [0.1, 0.15) is 5.75 Å². The van der Waals surface area contributed by atoms with E-state index < -0.39 is 0 Å². The number of hydrogen-bond donors (Lipinski definition) is 2. The number of ether oxygens (including phenoxy) is 1. The number of aryl methyl sites for hydroxylation is 1. The molecule has 0 aromatic heterocycles. The predicted octanol–water partition coefficient (Wildman–Crippen LogP) is 3.54. The predicted molar refractivity (Wildman–Crippen MR) is 99.0 cm³/mol. The molecule has 0 fully saturated rings. The van der Waals surface area contributed by atoms with Crippen LogP contribution in [0, 0.1) is 6.92 Å². The SMILES string of the molecule is CC[C@@H](C)NC(=O)c1ccccc1NC(=O)COc1cccc(C)c1. The number of carbonyl (C=O) groups is 2. The molecular formula is C20H24N2O3. The first-order valence-corrected chi connectivity index (χ1v) is 8.38. The number of nitrogens with one attached hydrogen (secondary N) is 2. The molecule has 0 heterocycles. The lowest BCUT2D eigenvalue weighted by Gasteiger charge is -2.15. The van der Waals surface area contributed by atoms with Gasteiger partial charge in [-0.15, -0.1) is 0 Å². The topological polar surface area (TPSA) is 67.4 Å². The van der Waals surface area contributed by atoms with Crippen molar-refractivity contribution < 1.29 is 14.3 Å². The molecule has 25 heavy (non-hydrogen) atoms. The van der Waals surface area contributed by atoms with Crippen LogP contribution in [0.3, 0.4) is 0 Å². The second-order valence-electron chi connectivity index (χ2n) is 5.98. The molecule has 0 saturated carbocycles. The lowest BCUT2D eigenvalue weighted by molar-refractivity contribution is -0.118. The lowest BCUT2D eigenvalue weighted by Crippen LogP contribution is -2.33. The molecule has 0 unspecified atom stereocenters. The van der Waals surface area contributed by atoms with E-state index >= 15 is 0 Å². The Labute approximate surface area is 148 Å². The van der Waals surface area contributed by atoms with Crippen LogP contribution >= 0.6 is 0 Å². The van der Waals surface area contributed by atoms with Gasteiger partial charge in [0, 0.05) is 6.04 Å². The highest BCUT2D eigenvalue weighted by Gasteiger charge is 2.14. The van der Waals surface area contributed by atoms with Crippen LogP contribution in [0.25, 0.3) is 0 Å². The molecule has 2 N–H and O–H groups in total. The van der Waals surface area contributed by atoms with E-state index in [9.17, 15) is 9.59 Å². The van der Waals surface area contributed by atoms with Crippen molar-refractivity contribution in [1.82, 2.24) is 5.32 Å². The minimum Gasteiger partial charge on any atom is -0.484 e. The van der Waals surface area contributed by atoms with Crippen molar-refractivity contribution in [1.29, 1.82) is 0 Å². The van der Waals surface area contributed by atoms with Crippen LogP contribution in [0.5, 0.6) is 5.75 Å². The third-order valence-corrected chi connectivity index (χ3v) is 3.80. The minimum atomic E-state index is -0.315. The van der Waals surface area contributed by atoms with Gasteiger partial charge >= 0.3 is 0 Å². The van der Waals surface area contributed by atoms with E-state index in [4.69, 9.17) is 4.74 Å². The van der Waals surface area contributed by atoms with Crippen LogP contribution in [0.2, 0.25) is 0 Å². The highest BCUT2D eigenvalue weighted by molar-refractivity contribution is 6.04. The molecule has 0 bridgehead atoms. The molecule has 0 aliphatic rings. The Balaban J connectivity index is 1.99. The van der Waals surface area contributed by atoms with Crippen LogP contribution in [-0.4, -0.2) is 24.5 Å². The molecular weight excluding hydrogens is 316 g/mol. The zero-order valence-corrected chi connectivity index (χ0v) is 14.8. The zero-order valence-electron chi connectivity index (χ0n) is 14.8.